The number of carbonyl (C=O) groups is 1. The van der Waals surface area contributed by atoms with Gasteiger partial charge in [-0.15, -0.1) is 0 Å². The van der Waals surface area contributed by atoms with E-state index >= 15 is 0 Å². The van der Waals surface area contributed by atoms with Crippen molar-refractivity contribution in [3.05, 3.63) is 29.8 Å². The number of halogens is 1. The normalized spacial score (nSPS) is 17.4. The van der Waals surface area contributed by atoms with Gasteiger partial charge in [0.25, 0.3) is 0 Å². The highest BCUT2D eigenvalue weighted by Crippen LogP contribution is 2.39. The van der Waals surface area contributed by atoms with Crippen LogP contribution in [0, 0.1) is 11.7 Å². The maximum atomic E-state index is 13.6. The lowest BCUT2D eigenvalue weighted by Gasteiger charge is -2.28. The number of nitrogens with one attached hydrogen (secondary N) is 2. The summed E-state index contributed by atoms with van der Waals surface area (Å²) in [6, 6.07) is 4.74. The molecule has 22 heavy (non-hydrogen) atoms. The molecule has 1 saturated carbocycles. The number of para-hydroxylation sites is 1. The van der Waals surface area contributed by atoms with Crippen LogP contribution in [-0.2, 0) is 11.2 Å². The summed E-state index contributed by atoms with van der Waals surface area (Å²) in [4.78, 5) is 19.3. The van der Waals surface area contributed by atoms with Crippen molar-refractivity contribution in [2.75, 3.05) is 6.61 Å². The molecule has 1 fully saturated rings. The van der Waals surface area contributed by atoms with Gasteiger partial charge in [-0.25, -0.2) is 9.37 Å². The second-order valence-electron chi connectivity index (χ2n) is 6.22. The molecule has 0 bridgehead atoms. The number of fused-ring (bicyclic) bond motifs is 1. The van der Waals surface area contributed by atoms with Crippen molar-refractivity contribution < 1.29 is 14.3 Å². The third-order valence-corrected chi connectivity index (χ3v) is 4.33. The highest BCUT2D eigenvalue weighted by atomic mass is 19.1. The molecule has 0 saturated heterocycles. The first-order valence-corrected chi connectivity index (χ1v) is 7.57. The third-order valence-electron chi connectivity index (χ3n) is 4.33. The Balaban J connectivity index is 1.61. The number of rotatable bonds is 6. The second-order valence-corrected chi connectivity index (χ2v) is 6.22. The van der Waals surface area contributed by atoms with Crippen LogP contribution in [0.4, 0.5) is 4.39 Å². The van der Waals surface area contributed by atoms with E-state index in [1.54, 1.807) is 12.1 Å². The molecule has 0 spiro atoms. The zero-order valence-corrected chi connectivity index (χ0v) is 12.5. The minimum Gasteiger partial charge on any atom is -0.394 e. The van der Waals surface area contributed by atoms with Gasteiger partial charge in [0, 0.05) is 12.8 Å². The first kappa shape index (κ1) is 15.0. The number of aliphatic hydroxyl groups excluding tert-OH is 1. The molecule has 1 aliphatic rings. The van der Waals surface area contributed by atoms with E-state index < -0.39 is 5.54 Å². The molecule has 0 aliphatic heterocycles. The lowest BCUT2D eigenvalue weighted by atomic mass is 9.96. The summed E-state index contributed by atoms with van der Waals surface area (Å²) in [6.45, 7) is 1.82. The summed E-state index contributed by atoms with van der Waals surface area (Å²) in [5.74, 6) is 0.463. The Kier molecular flexibility index (Phi) is 3.87. The molecule has 1 heterocycles. The molecule has 1 aliphatic carbocycles. The van der Waals surface area contributed by atoms with Crippen LogP contribution in [0.2, 0.25) is 0 Å². The number of carbonyl (C=O) groups excluding carboxylic acids is 1. The minimum atomic E-state index is -0.531. The van der Waals surface area contributed by atoms with Gasteiger partial charge < -0.3 is 15.4 Å². The van der Waals surface area contributed by atoms with Gasteiger partial charge in [-0.1, -0.05) is 6.07 Å². The molecule has 1 atom stereocenters. The van der Waals surface area contributed by atoms with E-state index in [-0.39, 0.29) is 24.8 Å². The van der Waals surface area contributed by atoms with Gasteiger partial charge in [-0.2, -0.15) is 0 Å². The summed E-state index contributed by atoms with van der Waals surface area (Å²) in [6.07, 6.45) is 2.75. The molecular formula is C16H20FN3O2. The highest BCUT2D eigenvalue weighted by Gasteiger charge is 2.41. The molecule has 5 nitrogen and oxygen atoms in total. The van der Waals surface area contributed by atoms with Crippen LogP contribution in [0.5, 0.6) is 0 Å². The molecule has 1 aromatic carbocycles. The maximum Gasteiger partial charge on any atom is 0.220 e. The first-order chi connectivity index (χ1) is 10.5. The Bertz CT molecular complexity index is 696. The second kappa shape index (κ2) is 5.68. The Labute approximate surface area is 127 Å². The first-order valence-electron chi connectivity index (χ1n) is 7.57. The number of benzene rings is 1. The summed E-state index contributed by atoms with van der Waals surface area (Å²) < 4.78 is 13.6. The Morgan fingerprint density at radius 3 is 2.95 bits per heavy atom. The van der Waals surface area contributed by atoms with Crippen LogP contribution < -0.4 is 5.32 Å². The lowest BCUT2D eigenvalue weighted by molar-refractivity contribution is -0.123. The number of hydrogen-bond acceptors (Lipinski definition) is 3. The van der Waals surface area contributed by atoms with Gasteiger partial charge >= 0.3 is 0 Å². The van der Waals surface area contributed by atoms with Gasteiger partial charge in [-0.3, -0.25) is 4.79 Å². The van der Waals surface area contributed by atoms with E-state index in [1.807, 2.05) is 6.92 Å². The number of imidazole rings is 1. The van der Waals surface area contributed by atoms with Gasteiger partial charge in [0.05, 0.1) is 17.7 Å². The molecule has 2 aromatic rings. The Morgan fingerprint density at radius 1 is 1.55 bits per heavy atom. The van der Waals surface area contributed by atoms with Crippen molar-refractivity contribution in [3.63, 3.8) is 0 Å². The monoisotopic (exact) mass is 305 g/mol. The van der Waals surface area contributed by atoms with Crippen molar-refractivity contribution in [3.8, 4) is 0 Å². The van der Waals surface area contributed by atoms with Crippen molar-refractivity contribution in [1.29, 1.82) is 0 Å². The number of hydrogen-bond donors (Lipinski definition) is 3. The van der Waals surface area contributed by atoms with E-state index in [0.717, 1.165) is 12.8 Å². The van der Waals surface area contributed by atoms with Crippen LogP contribution in [0.1, 0.15) is 32.0 Å². The number of aliphatic hydroxyl groups is 1. The number of amides is 1. The fraction of sp³-hybridized carbons (Fsp3) is 0.500. The zero-order chi connectivity index (χ0) is 15.7. The number of aryl methyl sites for hydroxylation is 1. The Hall–Kier alpha value is -1.95. The summed E-state index contributed by atoms with van der Waals surface area (Å²) in [5.41, 5.74) is 0.404. The average molecular weight is 305 g/mol. The topological polar surface area (TPSA) is 78.0 Å². The van der Waals surface area contributed by atoms with Gasteiger partial charge in [0.1, 0.15) is 11.3 Å². The number of aromatic nitrogens is 2. The molecule has 1 aromatic heterocycles. The lowest BCUT2D eigenvalue weighted by Crippen LogP contribution is -2.50. The van der Waals surface area contributed by atoms with Crippen LogP contribution >= 0.6 is 0 Å². The standard InChI is InChI=1S/C16H20FN3O2/c1-16(9-21,10-5-6-10)20-14(22)8-7-13-18-12-4-2-3-11(17)15(12)19-13/h2-4,10,21H,5-9H2,1H3,(H,18,19)(H,20,22). The summed E-state index contributed by atoms with van der Waals surface area (Å²) >= 11 is 0. The summed E-state index contributed by atoms with van der Waals surface area (Å²) in [7, 11) is 0. The molecule has 3 rings (SSSR count). The quantitative estimate of drug-likeness (QED) is 0.763. The average Bonchev–Trinajstić information content (AvgIpc) is 3.26. The van der Waals surface area contributed by atoms with Crippen LogP contribution in [0.15, 0.2) is 18.2 Å². The molecule has 6 heteroatoms. The van der Waals surface area contributed by atoms with E-state index in [1.165, 1.54) is 6.07 Å². The molecule has 3 N–H and O–H groups in total. The van der Waals surface area contributed by atoms with E-state index in [2.05, 4.69) is 15.3 Å². The molecule has 1 unspecified atom stereocenters. The molecule has 1 amide bonds. The van der Waals surface area contributed by atoms with Gasteiger partial charge in [-0.05, 0) is 37.8 Å². The SMILES string of the molecule is CC(CO)(NC(=O)CCc1nc2c(F)cccc2[nH]1)C1CC1. The van der Waals surface area contributed by atoms with Crippen molar-refractivity contribution in [2.24, 2.45) is 5.92 Å². The fourth-order valence-electron chi connectivity index (χ4n) is 2.77. The van der Waals surface area contributed by atoms with Crippen molar-refractivity contribution >= 4 is 16.9 Å². The number of H-pyrrole nitrogens is 1. The summed E-state index contributed by atoms with van der Waals surface area (Å²) in [5, 5.41) is 12.4. The van der Waals surface area contributed by atoms with Gasteiger partial charge in [0.2, 0.25) is 5.91 Å². The largest absolute Gasteiger partial charge is 0.394 e. The molecule has 118 valence electrons. The number of aromatic amines is 1. The van der Waals surface area contributed by atoms with Crippen LogP contribution in [0.25, 0.3) is 11.0 Å². The van der Waals surface area contributed by atoms with Gasteiger partial charge in [0.15, 0.2) is 5.82 Å². The van der Waals surface area contributed by atoms with E-state index in [0.29, 0.717) is 29.2 Å². The minimum absolute atomic E-state index is 0.0563. The third kappa shape index (κ3) is 2.97. The molecule has 0 radical (unpaired) electrons. The van der Waals surface area contributed by atoms with Crippen LogP contribution in [-0.4, -0.2) is 33.1 Å². The zero-order valence-electron chi connectivity index (χ0n) is 12.5. The number of nitrogens with zero attached hydrogens (tertiary/aromatic N) is 1. The smallest absolute Gasteiger partial charge is 0.220 e. The molecular weight excluding hydrogens is 285 g/mol. The van der Waals surface area contributed by atoms with Crippen molar-refractivity contribution in [1.82, 2.24) is 15.3 Å². The van der Waals surface area contributed by atoms with Crippen LogP contribution in [0.3, 0.4) is 0 Å². The predicted octanol–water partition coefficient (Wildman–Crippen LogP) is 1.91. The predicted molar refractivity (Wildman–Crippen MR) is 80.7 cm³/mol. The fourth-order valence-corrected chi connectivity index (χ4v) is 2.77. The Morgan fingerprint density at radius 2 is 2.32 bits per heavy atom. The highest BCUT2D eigenvalue weighted by molar-refractivity contribution is 5.78. The van der Waals surface area contributed by atoms with E-state index in [4.69, 9.17) is 0 Å². The maximum absolute atomic E-state index is 13.6. The van der Waals surface area contributed by atoms with Crippen molar-refractivity contribution in [2.45, 2.75) is 38.1 Å². The van der Waals surface area contributed by atoms with E-state index in [9.17, 15) is 14.3 Å².